The van der Waals surface area contributed by atoms with Gasteiger partial charge >= 0.3 is 0 Å². The second-order valence-corrected chi connectivity index (χ2v) is 4.52. The van der Waals surface area contributed by atoms with Crippen molar-refractivity contribution in [2.45, 2.75) is 39.7 Å². The molecule has 0 heterocycles. The summed E-state index contributed by atoms with van der Waals surface area (Å²) >= 11 is 0. The summed E-state index contributed by atoms with van der Waals surface area (Å²) in [5.41, 5.74) is -0.0464. The van der Waals surface area contributed by atoms with E-state index in [0.717, 1.165) is 26.2 Å². The van der Waals surface area contributed by atoms with Crippen LogP contribution in [0.1, 0.15) is 34.1 Å². The third kappa shape index (κ3) is 7.77. The molecule has 3 heteroatoms. The van der Waals surface area contributed by atoms with Gasteiger partial charge < -0.3 is 15.0 Å². The van der Waals surface area contributed by atoms with Gasteiger partial charge in [-0.05, 0) is 46.4 Å². The molecule has 0 bridgehead atoms. The van der Waals surface area contributed by atoms with Crippen LogP contribution in [-0.4, -0.2) is 50.3 Å². The highest BCUT2D eigenvalue weighted by molar-refractivity contribution is 4.70. The van der Waals surface area contributed by atoms with Crippen molar-refractivity contribution in [2.24, 2.45) is 0 Å². The lowest BCUT2D eigenvalue weighted by molar-refractivity contribution is 0.0233. The van der Waals surface area contributed by atoms with Crippen LogP contribution in [-0.2, 0) is 4.74 Å². The molecule has 92 valence electrons. The Morgan fingerprint density at radius 1 is 1.20 bits per heavy atom. The lowest BCUT2D eigenvalue weighted by atomic mass is 10.1. The molecule has 0 unspecified atom stereocenters. The number of hydrogen-bond donors (Lipinski definition) is 1. The summed E-state index contributed by atoms with van der Waals surface area (Å²) < 4.78 is 5.33. The second kappa shape index (κ2) is 8.08. The van der Waals surface area contributed by atoms with Gasteiger partial charge in [0.25, 0.3) is 0 Å². The Labute approximate surface area is 95.2 Å². The van der Waals surface area contributed by atoms with Crippen LogP contribution < -0.4 is 5.32 Å². The zero-order valence-corrected chi connectivity index (χ0v) is 11.1. The number of nitrogens with zero attached hydrogens (tertiary/aromatic N) is 1. The summed E-state index contributed by atoms with van der Waals surface area (Å²) in [6.45, 7) is 14.1. The van der Waals surface area contributed by atoms with E-state index in [4.69, 9.17) is 4.74 Å². The first-order valence-corrected chi connectivity index (χ1v) is 6.04. The number of nitrogens with one attached hydrogen (secondary N) is 1. The molecule has 0 aromatic rings. The highest BCUT2D eigenvalue weighted by atomic mass is 16.5. The molecule has 0 saturated carbocycles. The maximum Gasteiger partial charge on any atom is 0.0746 e. The van der Waals surface area contributed by atoms with Crippen molar-refractivity contribution in [2.75, 3.05) is 39.8 Å². The van der Waals surface area contributed by atoms with Crippen molar-refractivity contribution in [1.29, 1.82) is 0 Å². The third-order valence-electron chi connectivity index (χ3n) is 2.83. The lowest BCUT2D eigenvalue weighted by Gasteiger charge is -2.24. The van der Waals surface area contributed by atoms with Gasteiger partial charge in [-0.3, -0.25) is 0 Å². The van der Waals surface area contributed by atoms with E-state index in [0.29, 0.717) is 0 Å². The number of rotatable bonds is 9. The molecule has 0 amide bonds. The maximum atomic E-state index is 5.33. The van der Waals surface area contributed by atoms with E-state index in [1.54, 1.807) is 7.11 Å². The van der Waals surface area contributed by atoms with Crippen LogP contribution in [0.3, 0.4) is 0 Å². The fourth-order valence-electron chi connectivity index (χ4n) is 1.43. The van der Waals surface area contributed by atoms with Crippen molar-refractivity contribution >= 4 is 0 Å². The number of ether oxygens (including phenoxy) is 1. The van der Waals surface area contributed by atoms with E-state index in [9.17, 15) is 0 Å². The molecule has 0 aliphatic heterocycles. The minimum absolute atomic E-state index is 0.0464. The minimum Gasteiger partial charge on any atom is -0.377 e. The van der Waals surface area contributed by atoms with Crippen molar-refractivity contribution in [3.05, 3.63) is 0 Å². The topological polar surface area (TPSA) is 24.5 Å². The molecule has 0 aliphatic carbocycles. The zero-order chi connectivity index (χ0) is 11.7. The van der Waals surface area contributed by atoms with Crippen LogP contribution in [0.15, 0.2) is 0 Å². The quantitative estimate of drug-likeness (QED) is 0.594. The summed E-state index contributed by atoms with van der Waals surface area (Å²) in [6, 6.07) is 0. The van der Waals surface area contributed by atoms with Gasteiger partial charge in [0.1, 0.15) is 0 Å². The Balaban J connectivity index is 3.39. The lowest BCUT2D eigenvalue weighted by Crippen LogP contribution is -2.38. The fraction of sp³-hybridized carbons (Fsp3) is 1.00. The van der Waals surface area contributed by atoms with Gasteiger partial charge in [0.2, 0.25) is 0 Å². The van der Waals surface area contributed by atoms with Gasteiger partial charge in [0.05, 0.1) is 5.60 Å². The molecule has 15 heavy (non-hydrogen) atoms. The summed E-state index contributed by atoms with van der Waals surface area (Å²) in [6.07, 6.45) is 1.21. The molecule has 0 aromatic carbocycles. The molecule has 1 N–H and O–H groups in total. The Kier molecular flexibility index (Phi) is 8.02. The Bertz CT molecular complexity index is 145. The van der Waals surface area contributed by atoms with Crippen molar-refractivity contribution < 1.29 is 4.74 Å². The standard InChI is InChI=1S/C12H28N2O/c1-6-14(7-2)10-8-9-13-11-12(3,4)15-5/h13H,6-11H2,1-5H3. The van der Waals surface area contributed by atoms with Gasteiger partial charge in [-0.15, -0.1) is 0 Å². The Hall–Kier alpha value is -0.120. The third-order valence-corrected chi connectivity index (χ3v) is 2.83. The average Bonchev–Trinajstić information content (AvgIpc) is 2.23. The van der Waals surface area contributed by atoms with Crippen molar-refractivity contribution in [3.63, 3.8) is 0 Å². The molecular formula is C12H28N2O. The summed E-state index contributed by atoms with van der Waals surface area (Å²) in [5, 5.41) is 3.43. The van der Waals surface area contributed by atoms with Gasteiger partial charge in [-0.1, -0.05) is 13.8 Å². The molecular weight excluding hydrogens is 188 g/mol. The van der Waals surface area contributed by atoms with E-state index in [1.165, 1.54) is 13.0 Å². The predicted octanol–water partition coefficient (Wildman–Crippen LogP) is 1.73. The first-order valence-electron chi connectivity index (χ1n) is 6.04. The predicted molar refractivity (Wildman–Crippen MR) is 66.4 cm³/mol. The molecule has 0 radical (unpaired) electrons. The molecule has 0 aliphatic rings. The molecule has 0 atom stereocenters. The Morgan fingerprint density at radius 2 is 1.80 bits per heavy atom. The fourth-order valence-corrected chi connectivity index (χ4v) is 1.43. The van der Waals surface area contributed by atoms with E-state index in [1.807, 2.05) is 0 Å². The average molecular weight is 216 g/mol. The summed E-state index contributed by atoms with van der Waals surface area (Å²) in [4.78, 5) is 2.45. The van der Waals surface area contributed by atoms with Gasteiger partial charge in [0.15, 0.2) is 0 Å². The van der Waals surface area contributed by atoms with Gasteiger partial charge in [0, 0.05) is 13.7 Å². The molecule has 0 spiro atoms. The van der Waals surface area contributed by atoms with E-state index >= 15 is 0 Å². The molecule has 0 rings (SSSR count). The normalized spacial score (nSPS) is 12.4. The first kappa shape index (κ1) is 14.9. The van der Waals surface area contributed by atoms with E-state index in [-0.39, 0.29) is 5.60 Å². The monoisotopic (exact) mass is 216 g/mol. The van der Waals surface area contributed by atoms with Crippen LogP contribution in [0.5, 0.6) is 0 Å². The summed E-state index contributed by atoms with van der Waals surface area (Å²) in [5.74, 6) is 0. The molecule has 3 nitrogen and oxygen atoms in total. The van der Waals surface area contributed by atoms with Crippen LogP contribution in [0.25, 0.3) is 0 Å². The molecule has 0 saturated heterocycles. The molecule has 0 fully saturated rings. The SMILES string of the molecule is CCN(CC)CCCNCC(C)(C)OC. The number of methoxy groups -OCH3 is 1. The van der Waals surface area contributed by atoms with E-state index in [2.05, 4.69) is 37.9 Å². The van der Waals surface area contributed by atoms with Gasteiger partial charge in [-0.25, -0.2) is 0 Å². The van der Waals surface area contributed by atoms with Gasteiger partial charge in [-0.2, -0.15) is 0 Å². The van der Waals surface area contributed by atoms with E-state index < -0.39 is 0 Å². The van der Waals surface area contributed by atoms with Crippen molar-refractivity contribution in [1.82, 2.24) is 10.2 Å². The van der Waals surface area contributed by atoms with Crippen LogP contribution in [0.2, 0.25) is 0 Å². The second-order valence-electron chi connectivity index (χ2n) is 4.52. The highest BCUT2D eigenvalue weighted by Crippen LogP contribution is 2.04. The Morgan fingerprint density at radius 3 is 2.27 bits per heavy atom. The molecule has 0 aromatic heterocycles. The smallest absolute Gasteiger partial charge is 0.0746 e. The summed E-state index contributed by atoms with van der Waals surface area (Å²) in [7, 11) is 1.76. The largest absolute Gasteiger partial charge is 0.377 e. The number of hydrogen-bond acceptors (Lipinski definition) is 3. The van der Waals surface area contributed by atoms with Crippen LogP contribution >= 0.6 is 0 Å². The highest BCUT2D eigenvalue weighted by Gasteiger charge is 2.14. The first-order chi connectivity index (χ1) is 7.05. The van der Waals surface area contributed by atoms with Crippen LogP contribution in [0, 0.1) is 0 Å². The maximum absolute atomic E-state index is 5.33. The van der Waals surface area contributed by atoms with Crippen molar-refractivity contribution in [3.8, 4) is 0 Å². The minimum atomic E-state index is -0.0464. The zero-order valence-electron chi connectivity index (χ0n) is 11.1. The van der Waals surface area contributed by atoms with Crippen LogP contribution in [0.4, 0.5) is 0 Å².